The van der Waals surface area contributed by atoms with Crippen molar-refractivity contribution in [3.8, 4) is 0 Å². The van der Waals surface area contributed by atoms with Gasteiger partial charge in [-0.25, -0.2) is 0 Å². The molecule has 1 aliphatic carbocycles. The van der Waals surface area contributed by atoms with Crippen molar-refractivity contribution < 1.29 is 19.4 Å². The molecular weight excluding hydrogens is 356 g/mol. The zero-order valence-electron chi connectivity index (χ0n) is 18.5. The molecule has 0 saturated heterocycles. The molecule has 0 amide bonds. The fourth-order valence-corrected chi connectivity index (χ4v) is 5.07. The van der Waals surface area contributed by atoms with E-state index in [-0.39, 0.29) is 23.5 Å². The molecule has 2 N–H and O–H groups in total. The number of aliphatic carboxylic acids is 1. The Hall–Kier alpha value is -0.653. The Balaban J connectivity index is 2.83. The van der Waals surface area contributed by atoms with E-state index in [1.165, 1.54) is 12.8 Å². The summed E-state index contributed by atoms with van der Waals surface area (Å²) in [4.78, 5) is 11.2. The number of carbonyl (C=O) groups is 1. The van der Waals surface area contributed by atoms with Crippen molar-refractivity contribution in [1.82, 2.24) is 0 Å². The smallest absolute Gasteiger partial charge is 0.304 e. The summed E-state index contributed by atoms with van der Waals surface area (Å²) in [6.07, 6.45) is 7.59. The van der Waals surface area contributed by atoms with Crippen molar-refractivity contribution >= 4 is 14.3 Å². The van der Waals surface area contributed by atoms with E-state index < -0.39 is 20.4 Å². The van der Waals surface area contributed by atoms with Crippen LogP contribution in [-0.2, 0) is 9.22 Å². The van der Waals surface area contributed by atoms with Crippen LogP contribution in [0.5, 0.6) is 0 Å². The topological polar surface area (TPSA) is 66.8 Å². The van der Waals surface area contributed by atoms with Gasteiger partial charge >= 0.3 is 5.97 Å². The highest BCUT2D eigenvalue weighted by Crippen LogP contribution is 2.40. The zero-order valence-corrected chi connectivity index (χ0v) is 19.5. The van der Waals surface area contributed by atoms with Crippen molar-refractivity contribution in [3.63, 3.8) is 0 Å². The van der Waals surface area contributed by atoms with Gasteiger partial charge < -0.3 is 14.6 Å². The van der Waals surface area contributed by atoms with E-state index in [0.29, 0.717) is 12.3 Å². The molecule has 0 aromatic rings. The van der Waals surface area contributed by atoms with Crippen molar-refractivity contribution in [2.75, 3.05) is 0 Å². The summed E-state index contributed by atoms with van der Waals surface area (Å²) < 4.78 is 6.80. The van der Waals surface area contributed by atoms with E-state index in [0.717, 1.165) is 24.8 Å². The number of carboxylic acid groups (broad SMARTS) is 1. The molecule has 0 heterocycles. The highest BCUT2D eigenvalue weighted by atomic mass is 28.4. The van der Waals surface area contributed by atoms with Gasteiger partial charge in [-0.2, -0.15) is 0 Å². The van der Waals surface area contributed by atoms with Gasteiger partial charge in [-0.3, -0.25) is 4.79 Å². The van der Waals surface area contributed by atoms with E-state index in [9.17, 15) is 9.90 Å². The van der Waals surface area contributed by atoms with Crippen LogP contribution in [0.4, 0.5) is 0 Å². The van der Waals surface area contributed by atoms with E-state index >= 15 is 0 Å². The van der Waals surface area contributed by atoms with E-state index in [2.05, 4.69) is 53.8 Å². The monoisotopic (exact) mass is 398 g/mol. The molecular formula is C22H42O4Si. The summed E-state index contributed by atoms with van der Waals surface area (Å²) in [7, 11) is -1.87. The Labute approximate surface area is 167 Å². The lowest BCUT2D eigenvalue weighted by Crippen LogP contribution is -2.45. The van der Waals surface area contributed by atoms with Crippen molar-refractivity contribution in [3.05, 3.63) is 11.6 Å². The third kappa shape index (κ3) is 7.35. The van der Waals surface area contributed by atoms with Gasteiger partial charge in [0.1, 0.15) is 0 Å². The van der Waals surface area contributed by atoms with E-state index in [1.54, 1.807) is 0 Å². The lowest BCUT2D eigenvalue weighted by atomic mass is 9.89. The van der Waals surface area contributed by atoms with Gasteiger partial charge in [-0.1, -0.05) is 59.1 Å². The largest absolute Gasteiger partial charge is 0.481 e. The van der Waals surface area contributed by atoms with Gasteiger partial charge in [0.05, 0.1) is 12.5 Å². The number of hydrogen-bond donors (Lipinski definition) is 2. The minimum Gasteiger partial charge on any atom is -0.481 e. The second-order valence-corrected chi connectivity index (χ2v) is 14.6. The van der Waals surface area contributed by atoms with Crippen LogP contribution in [0.25, 0.3) is 0 Å². The maximum absolute atomic E-state index is 11.2. The predicted octanol–water partition coefficient (Wildman–Crippen LogP) is 5.77. The van der Waals surface area contributed by atoms with Crippen LogP contribution in [0.1, 0.15) is 79.6 Å². The first kappa shape index (κ1) is 24.4. The Bertz CT molecular complexity index is 507. The standard InChI is InChI=1S/C22H42O4Si/c1-8-9-10-16(2)20(26-27(6,7)22(3,4)5)14-12-17-11-13-19(23)18(17)15-21(24)25/h11,16,18-20,23H,8-10,12-15H2,1-7H3,(H,24,25)/t16?,18-,19+,20+/m1/s1. The Morgan fingerprint density at radius 1 is 1.33 bits per heavy atom. The Morgan fingerprint density at radius 2 is 1.96 bits per heavy atom. The van der Waals surface area contributed by atoms with Gasteiger partial charge in [0.15, 0.2) is 8.32 Å². The molecule has 0 aromatic carbocycles. The van der Waals surface area contributed by atoms with Crippen molar-refractivity contribution in [2.45, 2.75) is 110 Å². The number of hydrogen-bond acceptors (Lipinski definition) is 3. The molecule has 0 bridgehead atoms. The van der Waals surface area contributed by atoms with Crippen molar-refractivity contribution in [1.29, 1.82) is 0 Å². The number of carboxylic acids is 1. The van der Waals surface area contributed by atoms with E-state index in [4.69, 9.17) is 9.53 Å². The molecule has 1 rings (SSSR count). The van der Waals surface area contributed by atoms with Gasteiger partial charge in [0.25, 0.3) is 0 Å². The third-order valence-corrected chi connectivity index (χ3v) is 11.1. The fourth-order valence-electron chi connectivity index (χ4n) is 3.61. The summed E-state index contributed by atoms with van der Waals surface area (Å²) in [5.74, 6) is -0.580. The average molecular weight is 399 g/mol. The quantitative estimate of drug-likeness (QED) is 0.343. The molecule has 5 heteroatoms. The highest BCUT2D eigenvalue weighted by molar-refractivity contribution is 6.74. The molecule has 0 spiro atoms. The van der Waals surface area contributed by atoms with Gasteiger partial charge in [0.2, 0.25) is 0 Å². The summed E-state index contributed by atoms with van der Waals surface area (Å²) >= 11 is 0. The maximum atomic E-state index is 11.2. The second-order valence-electron chi connectivity index (χ2n) is 9.86. The minimum atomic E-state index is -1.87. The van der Waals surface area contributed by atoms with Crippen LogP contribution in [-0.4, -0.2) is 36.7 Å². The molecule has 0 radical (unpaired) electrons. The number of rotatable bonds is 11. The molecule has 4 atom stereocenters. The molecule has 4 nitrogen and oxygen atoms in total. The Kier molecular flexibility index (Phi) is 9.23. The summed E-state index contributed by atoms with van der Waals surface area (Å²) in [6.45, 7) is 15.9. The van der Waals surface area contributed by atoms with Crippen LogP contribution >= 0.6 is 0 Å². The van der Waals surface area contributed by atoms with Gasteiger partial charge in [-0.15, -0.1) is 0 Å². The van der Waals surface area contributed by atoms with Crippen LogP contribution < -0.4 is 0 Å². The van der Waals surface area contributed by atoms with Crippen molar-refractivity contribution in [2.24, 2.45) is 11.8 Å². The lowest BCUT2D eigenvalue weighted by molar-refractivity contribution is -0.138. The van der Waals surface area contributed by atoms with Gasteiger partial charge in [-0.05, 0) is 49.7 Å². The summed E-state index contributed by atoms with van der Waals surface area (Å²) in [5, 5.41) is 19.5. The first-order valence-electron chi connectivity index (χ1n) is 10.7. The molecule has 0 fully saturated rings. The molecule has 27 heavy (non-hydrogen) atoms. The first-order valence-corrected chi connectivity index (χ1v) is 13.6. The fraction of sp³-hybridized carbons (Fsp3) is 0.864. The minimum absolute atomic E-state index is 0.0200. The highest BCUT2D eigenvalue weighted by Gasteiger charge is 2.40. The SMILES string of the molecule is CCCCC(C)[C@H](CCC1=CC[C@H](O)[C@@H]1CC(=O)O)O[Si](C)(C)C(C)(C)C. The number of aliphatic hydroxyl groups is 1. The van der Waals surface area contributed by atoms with E-state index in [1.807, 2.05) is 0 Å². The molecule has 1 aliphatic rings. The predicted molar refractivity (Wildman–Crippen MR) is 114 cm³/mol. The normalized spacial score (nSPS) is 23.2. The second kappa shape index (κ2) is 10.2. The van der Waals surface area contributed by atoms with Crippen LogP contribution in [0, 0.1) is 11.8 Å². The molecule has 0 saturated carbocycles. The Morgan fingerprint density at radius 3 is 2.48 bits per heavy atom. The van der Waals surface area contributed by atoms with Crippen LogP contribution in [0.3, 0.4) is 0 Å². The lowest BCUT2D eigenvalue weighted by Gasteiger charge is -2.41. The summed E-state index contributed by atoms with van der Waals surface area (Å²) in [5.41, 5.74) is 1.11. The first-order chi connectivity index (χ1) is 12.4. The molecule has 0 aromatic heterocycles. The number of aliphatic hydroxyl groups excluding tert-OH is 1. The molecule has 1 unspecified atom stereocenters. The van der Waals surface area contributed by atoms with Crippen LogP contribution in [0.2, 0.25) is 18.1 Å². The summed E-state index contributed by atoms with van der Waals surface area (Å²) in [6, 6.07) is 0. The maximum Gasteiger partial charge on any atom is 0.304 e. The molecule has 0 aliphatic heterocycles. The van der Waals surface area contributed by atoms with Crippen LogP contribution in [0.15, 0.2) is 11.6 Å². The zero-order chi connectivity index (χ0) is 20.8. The molecule has 158 valence electrons. The average Bonchev–Trinajstić information content (AvgIpc) is 2.87. The number of unbranched alkanes of at least 4 members (excludes halogenated alkanes) is 1. The third-order valence-electron chi connectivity index (χ3n) is 6.57. The van der Waals surface area contributed by atoms with Gasteiger partial charge in [0, 0.05) is 12.0 Å².